The van der Waals surface area contributed by atoms with Crippen molar-refractivity contribution >= 4 is 40.5 Å². The largest absolute Gasteiger partial charge is 0.399 e. The number of hydrogen-bond acceptors (Lipinski definition) is 2. The Morgan fingerprint density at radius 3 is 2.43 bits per heavy atom. The van der Waals surface area contributed by atoms with Crippen molar-refractivity contribution in [1.29, 1.82) is 0 Å². The van der Waals surface area contributed by atoms with Gasteiger partial charge < -0.3 is 11.1 Å². The van der Waals surface area contributed by atoms with Crippen LogP contribution in [0.4, 0.5) is 24.5 Å². The summed E-state index contributed by atoms with van der Waals surface area (Å²) in [5.41, 5.74) is 5.04. The van der Waals surface area contributed by atoms with E-state index in [2.05, 4.69) is 5.32 Å². The van der Waals surface area contributed by atoms with E-state index in [-0.39, 0.29) is 21.3 Å². The van der Waals surface area contributed by atoms with Crippen molar-refractivity contribution in [1.82, 2.24) is 0 Å². The Kier molecular flexibility index (Phi) is 4.29. The quantitative estimate of drug-likeness (QED) is 0.637. The lowest BCUT2D eigenvalue weighted by atomic mass is 10.1. The van der Waals surface area contributed by atoms with Crippen LogP contribution in [0.3, 0.4) is 0 Å². The smallest absolute Gasteiger partial charge is 0.257 e. The van der Waals surface area contributed by atoms with Crippen LogP contribution in [0.5, 0.6) is 0 Å². The highest BCUT2D eigenvalue weighted by molar-refractivity contribution is 6.44. The number of halogens is 5. The molecule has 3 N–H and O–H groups in total. The molecule has 3 nitrogen and oxygen atoms in total. The maximum Gasteiger partial charge on any atom is 0.257 e. The van der Waals surface area contributed by atoms with E-state index >= 15 is 0 Å². The van der Waals surface area contributed by atoms with Crippen LogP contribution >= 0.6 is 23.2 Å². The molecule has 0 aliphatic rings. The number of hydrogen-bond donors (Lipinski definition) is 2. The van der Waals surface area contributed by atoms with Gasteiger partial charge in [-0.2, -0.15) is 0 Å². The Morgan fingerprint density at radius 1 is 1.10 bits per heavy atom. The molecule has 21 heavy (non-hydrogen) atoms. The van der Waals surface area contributed by atoms with Crippen molar-refractivity contribution < 1.29 is 18.0 Å². The maximum atomic E-state index is 13.5. The number of rotatable bonds is 2. The predicted molar refractivity (Wildman–Crippen MR) is 75.1 cm³/mol. The van der Waals surface area contributed by atoms with Crippen LogP contribution in [-0.4, -0.2) is 5.91 Å². The van der Waals surface area contributed by atoms with Crippen LogP contribution in [0.15, 0.2) is 24.3 Å². The van der Waals surface area contributed by atoms with E-state index in [0.29, 0.717) is 6.07 Å². The third-order valence-corrected chi connectivity index (χ3v) is 3.38. The fraction of sp³-hybridized carbons (Fsp3) is 0. The van der Waals surface area contributed by atoms with Gasteiger partial charge in [-0.05, 0) is 24.3 Å². The van der Waals surface area contributed by atoms with Gasteiger partial charge in [0.05, 0.1) is 21.3 Å². The van der Waals surface area contributed by atoms with Crippen LogP contribution in [0.2, 0.25) is 10.0 Å². The summed E-state index contributed by atoms with van der Waals surface area (Å²) in [5.74, 6) is -5.44. The van der Waals surface area contributed by atoms with Crippen LogP contribution in [0.25, 0.3) is 0 Å². The number of anilines is 2. The summed E-state index contributed by atoms with van der Waals surface area (Å²) in [4.78, 5) is 12.0. The SMILES string of the molecule is Nc1cc(Cl)c(Cl)c(C(=O)Nc2ccc(F)c(F)c2F)c1. The molecule has 0 heterocycles. The summed E-state index contributed by atoms with van der Waals surface area (Å²) in [6, 6.07) is 4.12. The number of amides is 1. The third-order valence-electron chi connectivity index (χ3n) is 2.58. The number of nitrogen functional groups attached to an aromatic ring is 1. The van der Waals surface area contributed by atoms with Gasteiger partial charge >= 0.3 is 0 Å². The molecule has 8 heteroatoms. The van der Waals surface area contributed by atoms with Gasteiger partial charge in [0.15, 0.2) is 17.5 Å². The normalized spacial score (nSPS) is 10.5. The topological polar surface area (TPSA) is 55.1 Å². The average molecular weight is 335 g/mol. The van der Waals surface area contributed by atoms with Gasteiger partial charge in [0.2, 0.25) is 0 Å². The molecule has 0 fully saturated rings. The van der Waals surface area contributed by atoms with Crippen molar-refractivity contribution in [2.75, 3.05) is 11.1 Å². The molecule has 110 valence electrons. The Balaban J connectivity index is 2.37. The minimum absolute atomic E-state index is 0.0348. The Hall–Kier alpha value is -1.92. The zero-order chi connectivity index (χ0) is 15.7. The fourth-order valence-corrected chi connectivity index (χ4v) is 2.01. The van der Waals surface area contributed by atoms with Gasteiger partial charge in [0.1, 0.15) is 0 Å². The van der Waals surface area contributed by atoms with Crippen molar-refractivity contribution in [3.05, 3.63) is 57.3 Å². The van der Waals surface area contributed by atoms with Crippen LogP contribution in [-0.2, 0) is 0 Å². The first-order valence-corrected chi connectivity index (χ1v) is 6.26. The standard InChI is InChI=1S/C13H7Cl2F3N2O/c14-7-4-5(19)3-6(10(7)15)13(21)20-9-2-1-8(16)11(17)12(9)18/h1-4H,19H2,(H,20,21). The second kappa shape index (κ2) is 5.83. The highest BCUT2D eigenvalue weighted by atomic mass is 35.5. The first-order valence-electron chi connectivity index (χ1n) is 5.50. The van der Waals surface area contributed by atoms with E-state index in [1.807, 2.05) is 0 Å². The minimum atomic E-state index is -1.69. The molecule has 0 spiro atoms. The molecule has 2 aromatic carbocycles. The van der Waals surface area contributed by atoms with Crippen LogP contribution in [0, 0.1) is 17.5 Å². The number of nitrogens with two attached hydrogens (primary N) is 1. The van der Waals surface area contributed by atoms with E-state index in [1.165, 1.54) is 12.1 Å². The van der Waals surface area contributed by atoms with Crippen LogP contribution < -0.4 is 11.1 Å². The van der Waals surface area contributed by atoms with E-state index in [0.717, 1.165) is 6.07 Å². The van der Waals surface area contributed by atoms with Crippen molar-refractivity contribution in [2.24, 2.45) is 0 Å². The molecule has 0 saturated carbocycles. The zero-order valence-electron chi connectivity index (χ0n) is 10.2. The zero-order valence-corrected chi connectivity index (χ0v) is 11.7. The molecule has 0 bridgehead atoms. The van der Waals surface area contributed by atoms with Gasteiger partial charge in [-0.1, -0.05) is 23.2 Å². The Bertz CT molecular complexity index is 738. The summed E-state index contributed by atoms with van der Waals surface area (Å²) in [7, 11) is 0. The lowest BCUT2D eigenvalue weighted by Gasteiger charge is -2.10. The summed E-state index contributed by atoms with van der Waals surface area (Å²) >= 11 is 11.6. The third kappa shape index (κ3) is 3.06. The molecule has 0 aliphatic heterocycles. The molecule has 1 amide bonds. The minimum Gasteiger partial charge on any atom is -0.399 e. The molecule has 0 unspecified atom stereocenters. The first kappa shape index (κ1) is 15.5. The highest BCUT2D eigenvalue weighted by Crippen LogP contribution is 2.29. The summed E-state index contributed by atoms with van der Waals surface area (Å²) < 4.78 is 39.4. The van der Waals surface area contributed by atoms with Crippen molar-refractivity contribution in [2.45, 2.75) is 0 Å². The van der Waals surface area contributed by atoms with Crippen molar-refractivity contribution in [3.63, 3.8) is 0 Å². The molecule has 2 rings (SSSR count). The fourth-order valence-electron chi connectivity index (χ4n) is 1.59. The number of carbonyl (C=O) groups is 1. The summed E-state index contributed by atoms with van der Waals surface area (Å²) in [5, 5.41) is 2.01. The second-order valence-electron chi connectivity index (χ2n) is 4.04. The van der Waals surface area contributed by atoms with E-state index < -0.39 is 29.0 Å². The summed E-state index contributed by atoms with van der Waals surface area (Å²) in [6.45, 7) is 0. The lowest BCUT2D eigenvalue weighted by molar-refractivity contribution is 0.102. The first-order chi connectivity index (χ1) is 9.81. The highest BCUT2D eigenvalue weighted by Gasteiger charge is 2.18. The van der Waals surface area contributed by atoms with Gasteiger partial charge in [-0.15, -0.1) is 0 Å². The van der Waals surface area contributed by atoms with Crippen LogP contribution in [0.1, 0.15) is 10.4 Å². The Labute approximate surface area is 127 Å². The average Bonchev–Trinajstić information content (AvgIpc) is 2.43. The molecule has 0 aromatic heterocycles. The van der Waals surface area contributed by atoms with Gasteiger partial charge in [0.25, 0.3) is 5.91 Å². The number of nitrogens with one attached hydrogen (secondary N) is 1. The Morgan fingerprint density at radius 2 is 1.76 bits per heavy atom. The molecule has 0 saturated heterocycles. The maximum absolute atomic E-state index is 13.5. The second-order valence-corrected chi connectivity index (χ2v) is 4.83. The number of carbonyl (C=O) groups excluding carboxylic acids is 1. The van der Waals surface area contributed by atoms with E-state index in [9.17, 15) is 18.0 Å². The van der Waals surface area contributed by atoms with Gasteiger partial charge in [0, 0.05) is 5.69 Å². The molecular weight excluding hydrogens is 328 g/mol. The monoisotopic (exact) mass is 334 g/mol. The molecule has 0 aliphatic carbocycles. The molecule has 2 aromatic rings. The molecule has 0 radical (unpaired) electrons. The molecular formula is C13H7Cl2F3N2O. The van der Waals surface area contributed by atoms with E-state index in [1.54, 1.807) is 0 Å². The van der Waals surface area contributed by atoms with E-state index in [4.69, 9.17) is 28.9 Å². The summed E-state index contributed by atoms with van der Waals surface area (Å²) in [6.07, 6.45) is 0. The lowest BCUT2D eigenvalue weighted by Crippen LogP contribution is -2.15. The van der Waals surface area contributed by atoms with Gasteiger partial charge in [-0.25, -0.2) is 13.2 Å². The van der Waals surface area contributed by atoms with Crippen molar-refractivity contribution in [3.8, 4) is 0 Å². The van der Waals surface area contributed by atoms with Gasteiger partial charge in [-0.3, -0.25) is 4.79 Å². The number of benzene rings is 2. The molecule has 0 atom stereocenters. The predicted octanol–water partition coefficient (Wildman–Crippen LogP) is 4.25.